The molecule has 1 saturated heterocycles. The molecule has 3 heterocycles. The van der Waals surface area contributed by atoms with Crippen LogP contribution in [0.4, 0.5) is 0 Å². The first-order valence-electron chi connectivity index (χ1n) is 9.43. The fourth-order valence-electron chi connectivity index (χ4n) is 3.12. The number of hydrogen-bond acceptors (Lipinski definition) is 7. The molecule has 0 aliphatic carbocycles. The summed E-state index contributed by atoms with van der Waals surface area (Å²) in [5, 5.41) is 5.58. The Balaban J connectivity index is 1.53. The average molecular weight is 401 g/mol. The number of aryl methyl sites for hydroxylation is 1. The van der Waals surface area contributed by atoms with Crippen molar-refractivity contribution in [2.75, 3.05) is 26.3 Å². The predicted octanol–water partition coefficient (Wildman–Crippen LogP) is 4.16. The van der Waals surface area contributed by atoms with Crippen LogP contribution in [0.25, 0.3) is 10.9 Å². The van der Waals surface area contributed by atoms with Gasteiger partial charge in [0.25, 0.3) is 0 Å². The third-order valence-corrected chi connectivity index (χ3v) is 6.49. The van der Waals surface area contributed by atoms with Crippen LogP contribution in [0.15, 0.2) is 34.7 Å². The lowest BCUT2D eigenvalue weighted by Gasteiger charge is -2.25. The summed E-state index contributed by atoms with van der Waals surface area (Å²) < 4.78 is 5.45. The molecule has 2 aromatic heterocycles. The van der Waals surface area contributed by atoms with E-state index in [1.807, 2.05) is 6.07 Å². The lowest BCUT2D eigenvalue weighted by atomic mass is 10.2. The van der Waals surface area contributed by atoms with Crippen LogP contribution in [0.2, 0.25) is 0 Å². The molecule has 4 rings (SSSR count). The zero-order valence-electron chi connectivity index (χ0n) is 15.6. The third-order valence-electron chi connectivity index (χ3n) is 4.50. The number of para-hydroxylation sites is 1. The topological polar surface area (TPSA) is 51.1 Å². The van der Waals surface area contributed by atoms with E-state index in [1.54, 1.807) is 23.1 Å². The second kappa shape index (κ2) is 9.10. The molecule has 0 N–H and O–H groups in total. The molecule has 5 nitrogen and oxygen atoms in total. The molecule has 1 aliphatic rings. The molecule has 0 spiro atoms. The first-order valence-corrected chi connectivity index (χ1v) is 11.3. The van der Waals surface area contributed by atoms with Crippen LogP contribution in [0.1, 0.15) is 29.9 Å². The van der Waals surface area contributed by atoms with Gasteiger partial charge in [-0.15, -0.1) is 11.3 Å². The van der Waals surface area contributed by atoms with Crippen LogP contribution in [-0.2, 0) is 23.5 Å². The molecular formula is C20H24N4OS2. The van der Waals surface area contributed by atoms with Crippen LogP contribution in [0.3, 0.4) is 0 Å². The molecule has 3 aromatic rings. The summed E-state index contributed by atoms with van der Waals surface area (Å²) in [6, 6.07) is 8.28. The van der Waals surface area contributed by atoms with E-state index in [-0.39, 0.29) is 0 Å². The van der Waals surface area contributed by atoms with Gasteiger partial charge in [0.2, 0.25) is 0 Å². The van der Waals surface area contributed by atoms with Gasteiger partial charge in [-0.1, -0.05) is 36.9 Å². The summed E-state index contributed by atoms with van der Waals surface area (Å²) in [7, 11) is 0. The SMILES string of the molecule is CCCc1nc(CSc2nc(CN3CCOCC3)nc3ccccc23)cs1. The van der Waals surface area contributed by atoms with Crippen LogP contribution >= 0.6 is 23.1 Å². The number of rotatable bonds is 7. The van der Waals surface area contributed by atoms with E-state index in [9.17, 15) is 0 Å². The predicted molar refractivity (Wildman–Crippen MR) is 111 cm³/mol. The zero-order valence-corrected chi connectivity index (χ0v) is 17.2. The standard InChI is InChI=1S/C20H24N4OS2/c1-2-5-19-21-15(13-26-19)14-27-20-16-6-3-4-7-17(16)22-18(23-20)12-24-8-10-25-11-9-24/h3-4,6-7,13H,2,5,8-12,14H2,1H3. The van der Waals surface area contributed by atoms with Crippen molar-refractivity contribution in [2.45, 2.75) is 37.1 Å². The summed E-state index contributed by atoms with van der Waals surface area (Å²) in [5.74, 6) is 1.74. The normalized spacial score (nSPS) is 15.4. The van der Waals surface area contributed by atoms with E-state index in [2.05, 4.69) is 35.4 Å². The van der Waals surface area contributed by atoms with E-state index in [0.29, 0.717) is 0 Å². The number of morpholine rings is 1. The van der Waals surface area contributed by atoms with Crippen molar-refractivity contribution in [1.29, 1.82) is 0 Å². The van der Waals surface area contributed by atoms with Crippen molar-refractivity contribution in [1.82, 2.24) is 19.9 Å². The number of aromatic nitrogens is 3. The van der Waals surface area contributed by atoms with Gasteiger partial charge >= 0.3 is 0 Å². The number of hydrogen-bond donors (Lipinski definition) is 0. The molecule has 0 radical (unpaired) electrons. The highest BCUT2D eigenvalue weighted by atomic mass is 32.2. The van der Waals surface area contributed by atoms with E-state index < -0.39 is 0 Å². The summed E-state index contributed by atoms with van der Waals surface area (Å²) in [6.45, 7) is 6.44. The highest BCUT2D eigenvalue weighted by Crippen LogP contribution is 2.29. The molecule has 7 heteroatoms. The second-order valence-electron chi connectivity index (χ2n) is 6.62. The van der Waals surface area contributed by atoms with Crippen molar-refractivity contribution in [3.8, 4) is 0 Å². The van der Waals surface area contributed by atoms with Gasteiger partial charge in [-0.3, -0.25) is 4.90 Å². The van der Waals surface area contributed by atoms with Crippen molar-refractivity contribution in [2.24, 2.45) is 0 Å². The smallest absolute Gasteiger partial charge is 0.144 e. The molecule has 1 aromatic carbocycles. The average Bonchev–Trinajstić information content (AvgIpc) is 3.15. The Hall–Kier alpha value is -1.54. The van der Waals surface area contributed by atoms with Crippen molar-refractivity contribution >= 4 is 34.0 Å². The van der Waals surface area contributed by atoms with E-state index >= 15 is 0 Å². The van der Waals surface area contributed by atoms with E-state index in [1.165, 1.54) is 5.01 Å². The zero-order chi connectivity index (χ0) is 18.5. The highest BCUT2D eigenvalue weighted by Gasteiger charge is 2.15. The van der Waals surface area contributed by atoms with Gasteiger partial charge in [0.05, 0.1) is 36.0 Å². The van der Waals surface area contributed by atoms with Gasteiger partial charge in [0.15, 0.2) is 0 Å². The lowest BCUT2D eigenvalue weighted by molar-refractivity contribution is 0.0330. The fourth-order valence-corrected chi connectivity index (χ4v) is 5.06. The number of fused-ring (bicyclic) bond motifs is 1. The Bertz CT molecular complexity index is 893. The fraction of sp³-hybridized carbons (Fsp3) is 0.450. The van der Waals surface area contributed by atoms with Gasteiger partial charge in [-0.2, -0.15) is 0 Å². The van der Waals surface area contributed by atoms with Crippen LogP contribution < -0.4 is 0 Å². The molecule has 1 fully saturated rings. The molecule has 0 atom stereocenters. The van der Waals surface area contributed by atoms with Gasteiger partial charge in [-0.05, 0) is 18.9 Å². The molecule has 0 bridgehead atoms. The van der Waals surface area contributed by atoms with Crippen molar-refractivity contribution in [3.05, 3.63) is 46.2 Å². The highest BCUT2D eigenvalue weighted by molar-refractivity contribution is 7.98. The molecule has 142 valence electrons. The van der Waals surface area contributed by atoms with Crippen molar-refractivity contribution < 1.29 is 4.74 Å². The minimum Gasteiger partial charge on any atom is -0.379 e. The number of thiazole rings is 1. The maximum Gasteiger partial charge on any atom is 0.144 e. The molecule has 0 unspecified atom stereocenters. The minimum absolute atomic E-state index is 0.777. The number of ether oxygens (including phenoxy) is 1. The third kappa shape index (κ3) is 4.85. The summed E-state index contributed by atoms with van der Waals surface area (Å²) in [4.78, 5) is 16.8. The summed E-state index contributed by atoms with van der Waals surface area (Å²) in [6.07, 6.45) is 2.21. The Morgan fingerprint density at radius 2 is 2.00 bits per heavy atom. The Morgan fingerprint density at radius 3 is 2.85 bits per heavy atom. The molecule has 0 amide bonds. The van der Waals surface area contributed by atoms with Crippen molar-refractivity contribution in [3.63, 3.8) is 0 Å². The lowest BCUT2D eigenvalue weighted by Crippen LogP contribution is -2.36. The number of thioether (sulfide) groups is 1. The molecular weight excluding hydrogens is 376 g/mol. The van der Waals surface area contributed by atoms with Gasteiger partial charge in [0, 0.05) is 29.6 Å². The van der Waals surface area contributed by atoms with Crippen LogP contribution in [0, 0.1) is 0 Å². The Morgan fingerprint density at radius 1 is 1.15 bits per heavy atom. The number of nitrogens with zero attached hydrogens (tertiary/aromatic N) is 4. The van der Waals surface area contributed by atoms with Crippen LogP contribution in [-0.4, -0.2) is 46.2 Å². The quantitative estimate of drug-likeness (QED) is 0.438. The van der Waals surface area contributed by atoms with E-state index in [0.717, 1.165) is 78.9 Å². The second-order valence-corrected chi connectivity index (χ2v) is 8.53. The summed E-state index contributed by atoms with van der Waals surface area (Å²) >= 11 is 3.52. The van der Waals surface area contributed by atoms with Crippen LogP contribution in [0.5, 0.6) is 0 Å². The first-order chi connectivity index (χ1) is 13.3. The van der Waals surface area contributed by atoms with E-state index in [4.69, 9.17) is 19.7 Å². The van der Waals surface area contributed by atoms with Gasteiger partial charge < -0.3 is 4.74 Å². The maximum atomic E-state index is 5.45. The number of benzene rings is 1. The monoisotopic (exact) mass is 400 g/mol. The first kappa shape index (κ1) is 18.8. The minimum atomic E-state index is 0.777. The Kier molecular flexibility index (Phi) is 6.34. The van der Waals surface area contributed by atoms with Gasteiger partial charge in [0.1, 0.15) is 10.9 Å². The maximum absolute atomic E-state index is 5.45. The molecule has 27 heavy (non-hydrogen) atoms. The molecule has 0 saturated carbocycles. The Labute approximate surface area is 168 Å². The largest absolute Gasteiger partial charge is 0.379 e. The molecule has 1 aliphatic heterocycles. The summed E-state index contributed by atoms with van der Waals surface area (Å²) in [5.41, 5.74) is 2.16. The van der Waals surface area contributed by atoms with Gasteiger partial charge in [-0.25, -0.2) is 15.0 Å².